The maximum absolute atomic E-state index is 9.95. The van der Waals surface area contributed by atoms with Crippen LogP contribution in [0.4, 0.5) is 0 Å². The van der Waals surface area contributed by atoms with Crippen molar-refractivity contribution in [2.24, 2.45) is 5.73 Å². The molecule has 0 fully saturated rings. The van der Waals surface area contributed by atoms with E-state index in [-0.39, 0.29) is 12.6 Å². The van der Waals surface area contributed by atoms with Crippen LogP contribution < -0.4 is 10.5 Å². The van der Waals surface area contributed by atoms with E-state index in [1.807, 2.05) is 25.1 Å². The van der Waals surface area contributed by atoms with Crippen molar-refractivity contribution in [1.29, 1.82) is 0 Å². The van der Waals surface area contributed by atoms with Gasteiger partial charge >= 0.3 is 0 Å². The van der Waals surface area contributed by atoms with Gasteiger partial charge in [-0.15, -0.1) is 0 Å². The molecule has 0 spiro atoms. The Hall–Kier alpha value is -1.06. The zero-order valence-corrected chi connectivity index (χ0v) is 11.8. The van der Waals surface area contributed by atoms with Gasteiger partial charge in [-0.25, -0.2) is 0 Å². The lowest BCUT2D eigenvalue weighted by Gasteiger charge is -2.26. The van der Waals surface area contributed by atoms with Gasteiger partial charge in [-0.05, 0) is 31.4 Å². The van der Waals surface area contributed by atoms with Crippen LogP contribution in [0.3, 0.4) is 0 Å². The Morgan fingerprint density at radius 2 is 1.89 bits per heavy atom. The molecule has 0 heterocycles. The largest absolute Gasteiger partial charge is 0.490 e. The summed E-state index contributed by atoms with van der Waals surface area (Å²) < 4.78 is 5.93. The highest BCUT2D eigenvalue weighted by Crippen LogP contribution is 2.27. The molecule has 0 aliphatic carbocycles. The molecular weight excluding hydrogens is 226 g/mol. The van der Waals surface area contributed by atoms with Gasteiger partial charge in [-0.3, -0.25) is 0 Å². The molecule has 18 heavy (non-hydrogen) atoms. The molecule has 1 aromatic rings. The fourth-order valence-electron chi connectivity index (χ4n) is 2.03. The van der Waals surface area contributed by atoms with Crippen LogP contribution in [0.1, 0.15) is 45.6 Å². The molecule has 0 radical (unpaired) electrons. The maximum atomic E-state index is 9.95. The van der Waals surface area contributed by atoms with Gasteiger partial charge in [0.1, 0.15) is 5.75 Å². The normalized spacial score (nSPS) is 16.4. The van der Waals surface area contributed by atoms with Gasteiger partial charge < -0.3 is 15.6 Å². The topological polar surface area (TPSA) is 55.5 Å². The quantitative estimate of drug-likeness (QED) is 0.817. The minimum atomic E-state index is -0.869. The van der Waals surface area contributed by atoms with Crippen molar-refractivity contribution in [3.05, 3.63) is 29.8 Å². The van der Waals surface area contributed by atoms with E-state index >= 15 is 0 Å². The van der Waals surface area contributed by atoms with Crippen LogP contribution in [0.5, 0.6) is 5.75 Å². The van der Waals surface area contributed by atoms with Crippen molar-refractivity contribution in [3.63, 3.8) is 0 Å². The number of rotatable bonds is 6. The molecule has 2 atom stereocenters. The van der Waals surface area contributed by atoms with Crippen molar-refractivity contribution < 1.29 is 9.84 Å². The van der Waals surface area contributed by atoms with E-state index in [2.05, 4.69) is 19.9 Å². The zero-order valence-electron chi connectivity index (χ0n) is 11.8. The lowest BCUT2D eigenvalue weighted by Crippen LogP contribution is -2.38. The van der Waals surface area contributed by atoms with Crippen molar-refractivity contribution in [1.82, 2.24) is 0 Å². The minimum absolute atomic E-state index is 0.0663. The maximum Gasteiger partial charge on any atom is 0.123 e. The van der Waals surface area contributed by atoms with Gasteiger partial charge in [-0.2, -0.15) is 0 Å². The van der Waals surface area contributed by atoms with E-state index in [4.69, 9.17) is 10.5 Å². The average Bonchev–Trinajstić information content (AvgIpc) is 2.28. The Balaban J connectivity index is 2.73. The van der Waals surface area contributed by atoms with Crippen LogP contribution in [-0.4, -0.2) is 23.4 Å². The molecule has 3 nitrogen and oxygen atoms in total. The second kappa shape index (κ2) is 6.21. The van der Waals surface area contributed by atoms with Crippen LogP contribution in [0, 0.1) is 0 Å². The molecule has 3 heteroatoms. The number of aliphatic hydroxyl groups is 1. The first-order chi connectivity index (χ1) is 8.35. The summed E-state index contributed by atoms with van der Waals surface area (Å²) in [4.78, 5) is 0. The Kier molecular flexibility index (Phi) is 5.17. The summed E-state index contributed by atoms with van der Waals surface area (Å²) in [5.74, 6) is 1.32. The number of para-hydroxylation sites is 1. The van der Waals surface area contributed by atoms with E-state index in [0.717, 1.165) is 5.75 Å². The van der Waals surface area contributed by atoms with Crippen LogP contribution in [0.15, 0.2) is 24.3 Å². The molecule has 1 rings (SSSR count). The van der Waals surface area contributed by atoms with Crippen LogP contribution in [0.25, 0.3) is 0 Å². The van der Waals surface area contributed by atoms with Crippen molar-refractivity contribution in [2.45, 2.75) is 51.7 Å². The molecule has 0 bridgehead atoms. The third kappa shape index (κ3) is 4.31. The molecule has 2 unspecified atom stereocenters. The van der Waals surface area contributed by atoms with E-state index in [9.17, 15) is 5.11 Å². The van der Waals surface area contributed by atoms with Crippen LogP contribution in [-0.2, 0) is 0 Å². The lowest BCUT2D eigenvalue weighted by molar-refractivity contribution is 0.0234. The smallest absolute Gasteiger partial charge is 0.123 e. The van der Waals surface area contributed by atoms with Gasteiger partial charge in [0, 0.05) is 13.0 Å². The molecule has 0 aromatic heterocycles. The number of ether oxygens (including phenoxy) is 1. The van der Waals surface area contributed by atoms with Crippen LogP contribution >= 0.6 is 0 Å². The average molecular weight is 251 g/mol. The molecule has 3 N–H and O–H groups in total. The minimum Gasteiger partial charge on any atom is -0.490 e. The van der Waals surface area contributed by atoms with Crippen molar-refractivity contribution in [3.8, 4) is 5.75 Å². The highest BCUT2D eigenvalue weighted by Gasteiger charge is 2.23. The molecule has 0 aliphatic rings. The first-order valence-electron chi connectivity index (χ1n) is 6.54. The first-order valence-corrected chi connectivity index (χ1v) is 6.54. The second-order valence-electron chi connectivity index (χ2n) is 5.53. The summed E-state index contributed by atoms with van der Waals surface area (Å²) >= 11 is 0. The number of hydrogen-bond acceptors (Lipinski definition) is 3. The van der Waals surface area contributed by atoms with Gasteiger partial charge in [0.25, 0.3) is 0 Å². The summed E-state index contributed by atoms with van der Waals surface area (Å²) in [6.45, 7) is 8.22. The predicted octanol–water partition coefficient (Wildman–Crippen LogP) is 2.68. The predicted molar refractivity (Wildman–Crippen MR) is 74.9 cm³/mol. The number of hydrogen-bond donors (Lipinski definition) is 2. The highest BCUT2D eigenvalue weighted by molar-refractivity contribution is 5.35. The highest BCUT2D eigenvalue weighted by atomic mass is 16.5. The fraction of sp³-hybridized carbons (Fsp3) is 0.600. The van der Waals surface area contributed by atoms with E-state index < -0.39 is 5.60 Å². The summed E-state index contributed by atoms with van der Waals surface area (Å²) in [6, 6.07) is 8.04. The number of nitrogens with two attached hydrogens (primary N) is 1. The van der Waals surface area contributed by atoms with Crippen LogP contribution in [0.2, 0.25) is 0 Å². The standard InChI is InChI=1S/C15H25NO2/c1-11(2)13-7-5-6-8-14(13)18-12(3)9-15(4,17)10-16/h5-8,11-12,17H,9-10,16H2,1-4H3. The first kappa shape index (κ1) is 15.0. The van der Waals surface area contributed by atoms with Gasteiger partial charge in [0.15, 0.2) is 0 Å². The third-order valence-electron chi connectivity index (χ3n) is 3.04. The molecule has 0 saturated carbocycles. The lowest BCUT2D eigenvalue weighted by atomic mass is 9.99. The zero-order chi connectivity index (χ0) is 13.8. The summed E-state index contributed by atoms with van der Waals surface area (Å²) in [6.07, 6.45) is 0.457. The Morgan fingerprint density at radius 1 is 1.28 bits per heavy atom. The number of benzene rings is 1. The van der Waals surface area contributed by atoms with Gasteiger partial charge in [0.05, 0.1) is 11.7 Å². The third-order valence-corrected chi connectivity index (χ3v) is 3.04. The monoisotopic (exact) mass is 251 g/mol. The van der Waals surface area contributed by atoms with Gasteiger partial charge in [-0.1, -0.05) is 32.0 Å². The van der Waals surface area contributed by atoms with Gasteiger partial charge in [0.2, 0.25) is 0 Å². The molecule has 0 aliphatic heterocycles. The van der Waals surface area contributed by atoms with Crippen molar-refractivity contribution >= 4 is 0 Å². The fourth-order valence-corrected chi connectivity index (χ4v) is 2.03. The molecule has 1 aromatic carbocycles. The summed E-state index contributed by atoms with van der Waals surface area (Å²) in [5.41, 5.74) is 5.84. The second-order valence-corrected chi connectivity index (χ2v) is 5.53. The molecule has 0 amide bonds. The Labute approximate surface area is 110 Å². The molecule has 0 saturated heterocycles. The summed E-state index contributed by atoms with van der Waals surface area (Å²) in [7, 11) is 0. The summed E-state index contributed by atoms with van der Waals surface area (Å²) in [5, 5.41) is 9.95. The Morgan fingerprint density at radius 3 is 2.44 bits per heavy atom. The van der Waals surface area contributed by atoms with E-state index in [0.29, 0.717) is 12.3 Å². The van der Waals surface area contributed by atoms with E-state index in [1.165, 1.54) is 5.56 Å². The van der Waals surface area contributed by atoms with E-state index in [1.54, 1.807) is 6.92 Å². The Bertz CT molecular complexity index is 375. The van der Waals surface area contributed by atoms with Crippen molar-refractivity contribution in [2.75, 3.05) is 6.54 Å². The molecule has 102 valence electrons. The SMILES string of the molecule is CC(CC(C)(O)CN)Oc1ccccc1C(C)C. The molecular formula is C15H25NO2.